The second kappa shape index (κ2) is 6.08. The van der Waals surface area contributed by atoms with E-state index in [-0.39, 0.29) is 5.91 Å². The minimum atomic E-state index is -0.670. The van der Waals surface area contributed by atoms with E-state index in [2.05, 4.69) is 73.1 Å². The Bertz CT molecular complexity index is 486. The van der Waals surface area contributed by atoms with Crippen molar-refractivity contribution in [3.8, 4) is 0 Å². The van der Waals surface area contributed by atoms with Crippen LogP contribution in [0.2, 0.25) is 0 Å². The van der Waals surface area contributed by atoms with Crippen molar-refractivity contribution in [1.82, 2.24) is 5.32 Å². The van der Waals surface area contributed by atoms with Crippen LogP contribution in [0.4, 0.5) is 0 Å². The lowest BCUT2D eigenvalue weighted by molar-refractivity contribution is -0.0300. The lowest BCUT2D eigenvalue weighted by Crippen LogP contribution is -2.47. The van der Waals surface area contributed by atoms with Crippen LogP contribution < -0.4 is 5.32 Å². The molecule has 1 amide bonds. The van der Waals surface area contributed by atoms with Crippen molar-refractivity contribution in [2.24, 2.45) is 0 Å². The summed E-state index contributed by atoms with van der Waals surface area (Å²) < 4.78 is 3.09. The lowest BCUT2D eigenvalue weighted by Gasteiger charge is -2.36. The number of carbonyl (C=O) groups is 1. The van der Waals surface area contributed by atoms with Crippen molar-refractivity contribution >= 4 is 73.7 Å². The van der Waals surface area contributed by atoms with Gasteiger partial charge in [-0.1, -0.05) is 0 Å². The predicted octanol–water partition coefficient (Wildman–Crippen LogP) is 3.15. The van der Waals surface area contributed by atoms with Crippen LogP contribution in [0.3, 0.4) is 0 Å². The molecule has 0 unspecified atom stereocenters. The Labute approximate surface area is 147 Å². The Kier molecular flexibility index (Phi) is 5.15. The Hall–Kier alpha value is 0.840. The quantitative estimate of drug-likeness (QED) is 0.425. The molecule has 98 valence electrons. The first-order valence-electron chi connectivity index (χ1n) is 5.56. The van der Waals surface area contributed by atoms with Gasteiger partial charge in [0.1, 0.15) is 0 Å². The van der Waals surface area contributed by atoms with Gasteiger partial charge in [0, 0.05) is 17.3 Å². The summed E-state index contributed by atoms with van der Waals surface area (Å²) in [4.78, 5) is 12.1. The Morgan fingerprint density at radius 1 is 1.33 bits per heavy atom. The van der Waals surface area contributed by atoms with E-state index in [0.29, 0.717) is 12.1 Å². The van der Waals surface area contributed by atoms with Gasteiger partial charge in [0.2, 0.25) is 0 Å². The van der Waals surface area contributed by atoms with E-state index < -0.39 is 5.60 Å². The van der Waals surface area contributed by atoms with Crippen LogP contribution in [0.5, 0.6) is 0 Å². The molecule has 1 saturated carbocycles. The van der Waals surface area contributed by atoms with Crippen LogP contribution in [0.1, 0.15) is 29.6 Å². The molecule has 0 radical (unpaired) electrons. The summed E-state index contributed by atoms with van der Waals surface area (Å²) in [5.41, 5.74) is 0.0192. The van der Waals surface area contributed by atoms with Crippen molar-refractivity contribution in [2.75, 3.05) is 6.54 Å². The van der Waals surface area contributed by atoms with E-state index in [1.54, 1.807) is 0 Å². The van der Waals surface area contributed by atoms with E-state index >= 15 is 0 Å². The lowest BCUT2D eigenvalue weighted by atomic mass is 9.80. The molecular weight excluding hydrogens is 571 g/mol. The van der Waals surface area contributed by atoms with Gasteiger partial charge in [0.25, 0.3) is 5.91 Å². The Balaban J connectivity index is 2.09. The highest BCUT2D eigenvalue weighted by Gasteiger charge is 2.34. The van der Waals surface area contributed by atoms with Crippen molar-refractivity contribution in [3.63, 3.8) is 0 Å². The van der Waals surface area contributed by atoms with E-state index in [1.165, 1.54) is 0 Å². The number of amides is 1. The van der Waals surface area contributed by atoms with Gasteiger partial charge in [0.15, 0.2) is 0 Å². The van der Waals surface area contributed by atoms with Crippen molar-refractivity contribution in [3.05, 3.63) is 28.4 Å². The van der Waals surface area contributed by atoms with Gasteiger partial charge < -0.3 is 10.4 Å². The maximum absolute atomic E-state index is 12.1. The minimum absolute atomic E-state index is 0.101. The van der Waals surface area contributed by atoms with E-state index in [4.69, 9.17) is 0 Å². The Morgan fingerprint density at radius 2 is 2.00 bits per heavy atom. The highest BCUT2D eigenvalue weighted by molar-refractivity contribution is 14.1. The van der Waals surface area contributed by atoms with Gasteiger partial charge in [-0.2, -0.15) is 0 Å². The second-order valence-electron chi connectivity index (χ2n) is 4.51. The third kappa shape index (κ3) is 3.48. The Morgan fingerprint density at radius 3 is 2.56 bits per heavy atom. The van der Waals surface area contributed by atoms with Crippen LogP contribution in [-0.4, -0.2) is 23.2 Å². The van der Waals surface area contributed by atoms with Crippen LogP contribution in [0.15, 0.2) is 12.1 Å². The highest BCUT2D eigenvalue weighted by atomic mass is 127. The van der Waals surface area contributed by atoms with Crippen molar-refractivity contribution in [1.29, 1.82) is 0 Å². The normalized spacial score (nSPS) is 17.1. The number of hydrogen-bond acceptors (Lipinski definition) is 2. The maximum atomic E-state index is 12.1. The molecule has 1 aromatic rings. The fourth-order valence-corrected chi connectivity index (χ4v) is 4.22. The zero-order chi connectivity index (χ0) is 13.3. The van der Waals surface area contributed by atoms with Crippen LogP contribution >= 0.6 is 67.8 Å². The molecule has 0 saturated heterocycles. The fraction of sp³-hybridized carbons (Fsp3) is 0.417. The number of benzene rings is 1. The molecule has 0 bridgehead atoms. The molecule has 2 N–H and O–H groups in total. The molecule has 1 aromatic carbocycles. The molecule has 18 heavy (non-hydrogen) atoms. The summed E-state index contributed by atoms with van der Waals surface area (Å²) in [5.74, 6) is -0.101. The molecule has 0 spiro atoms. The van der Waals surface area contributed by atoms with Gasteiger partial charge in [0.05, 0.1) is 11.2 Å². The molecule has 1 aliphatic carbocycles. The van der Waals surface area contributed by atoms with Crippen molar-refractivity contribution < 1.29 is 9.90 Å². The van der Waals surface area contributed by atoms with Crippen LogP contribution in [-0.2, 0) is 0 Å². The first kappa shape index (κ1) is 15.2. The zero-order valence-corrected chi connectivity index (χ0v) is 15.9. The van der Waals surface area contributed by atoms with Gasteiger partial charge in [-0.25, -0.2) is 0 Å². The number of halogens is 3. The average Bonchev–Trinajstić information content (AvgIpc) is 2.28. The summed E-state index contributed by atoms with van der Waals surface area (Å²) in [5, 5.41) is 12.8. The molecule has 2 rings (SSSR count). The summed E-state index contributed by atoms with van der Waals surface area (Å²) in [6.45, 7) is 0.351. The molecule has 0 aliphatic heterocycles. The van der Waals surface area contributed by atoms with Crippen molar-refractivity contribution in [2.45, 2.75) is 24.9 Å². The topological polar surface area (TPSA) is 49.3 Å². The SMILES string of the molecule is O=C(NCC1(O)CCC1)c1cc(I)cc(I)c1I. The second-order valence-corrected chi connectivity index (χ2v) is 8.00. The van der Waals surface area contributed by atoms with E-state index in [1.807, 2.05) is 12.1 Å². The third-order valence-electron chi connectivity index (χ3n) is 3.10. The first-order valence-corrected chi connectivity index (χ1v) is 8.80. The molecule has 6 heteroatoms. The van der Waals surface area contributed by atoms with Gasteiger partial charge in [-0.05, 0) is 99.2 Å². The van der Waals surface area contributed by atoms with Gasteiger partial charge >= 0.3 is 0 Å². The summed E-state index contributed by atoms with van der Waals surface area (Å²) >= 11 is 6.62. The summed E-state index contributed by atoms with van der Waals surface area (Å²) in [7, 11) is 0. The zero-order valence-electron chi connectivity index (χ0n) is 9.47. The van der Waals surface area contributed by atoms with Gasteiger partial charge in [-0.15, -0.1) is 0 Å². The monoisotopic (exact) mass is 583 g/mol. The first-order chi connectivity index (χ1) is 8.41. The van der Waals surface area contributed by atoms with Crippen LogP contribution in [0.25, 0.3) is 0 Å². The number of aliphatic hydroxyl groups is 1. The average molecular weight is 583 g/mol. The standard InChI is InChI=1S/C12H12I3NO2/c13-7-4-8(10(15)9(14)5-7)11(17)16-6-12(18)2-1-3-12/h4-5,18H,1-3,6H2,(H,16,17). The maximum Gasteiger partial charge on any atom is 0.252 e. The van der Waals surface area contributed by atoms with E-state index in [0.717, 1.165) is 30.0 Å². The highest BCUT2D eigenvalue weighted by Crippen LogP contribution is 2.31. The number of rotatable bonds is 3. The summed E-state index contributed by atoms with van der Waals surface area (Å²) in [6.07, 6.45) is 2.62. The largest absolute Gasteiger partial charge is 0.388 e. The van der Waals surface area contributed by atoms with E-state index in [9.17, 15) is 9.90 Å². The number of nitrogens with one attached hydrogen (secondary N) is 1. The molecular formula is C12H12I3NO2. The molecule has 1 fully saturated rings. The minimum Gasteiger partial charge on any atom is -0.388 e. The van der Waals surface area contributed by atoms with Gasteiger partial charge in [-0.3, -0.25) is 4.79 Å². The number of carbonyl (C=O) groups excluding carboxylic acids is 1. The molecule has 0 heterocycles. The molecule has 0 atom stereocenters. The molecule has 1 aliphatic rings. The molecule has 3 nitrogen and oxygen atoms in total. The molecule has 0 aromatic heterocycles. The smallest absolute Gasteiger partial charge is 0.252 e. The van der Waals surface area contributed by atoms with Crippen LogP contribution in [0, 0.1) is 10.7 Å². The predicted molar refractivity (Wildman–Crippen MR) is 95.7 cm³/mol. The number of hydrogen-bond donors (Lipinski definition) is 2. The fourth-order valence-electron chi connectivity index (χ4n) is 1.82. The third-order valence-corrected chi connectivity index (χ3v) is 6.77. The summed E-state index contributed by atoms with van der Waals surface area (Å²) in [6, 6.07) is 3.92.